The molecule has 0 aliphatic carbocycles. The normalized spacial score (nSPS) is 10.8. The molecular formula is C24H22N4O3. The minimum Gasteiger partial charge on any atom is -0.352 e. The van der Waals surface area contributed by atoms with Crippen LogP contribution in [0.5, 0.6) is 0 Å². The van der Waals surface area contributed by atoms with E-state index in [4.69, 9.17) is 0 Å². The average Bonchev–Trinajstić information content (AvgIpc) is 2.80. The third-order valence-corrected chi connectivity index (χ3v) is 5.06. The van der Waals surface area contributed by atoms with Gasteiger partial charge in [-0.05, 0) is 48.2 Å². The minimum absolute atomic E-state index is 0.139. The van der Waals surface area contributed by atoms with Crippen molar-refractivity contribution in [3.8, 4) is 0 Å². The van der Waals surface area contributed by atoms with Crippen LogP contribution >= 0.6 is 0 Å². The topological polar surface area (TPSA) is 96.9 Å². The highest BCUT2D eigenvalue weighted by atomic mass is 16.2. The van der Waals surface area contributed by atoms with Crippen LogP contribution in [0.3, 0.4) is 0 Å². The van der Waals surface area contributed by atoms with E-state index in [9.17, 15) is 14.4 Å². The van der Waals surface area contributed by atoms with Gasteiger partial charge < -0.3 is 10.3 Å². The highest BCUT2D eigenvalue weighted by Gasteiger charge is 2.10. The van der Waals surface area contributed by atoms with Gasteiger partial charge in [-0.3, -0.25) is 19.0 Å². The summed E-state index contributed by atoms with van der Waals surface area (Å²) in [5.74, 6) is -0.139. The summed E-state index contributed by atoms with van der Waals surface area (Å²) in [7, 11) is 0. The Labute approximate surface area is 178 Å². The Bertz CT molecular complexity index is 1310. The Morgan fingerprint density at radius 2 is 1.71 bits per heavy atom. The van der Waals surface area contributed by atoms with Crippen molar-refractivity contribution < 1.29 is 4.79 Å². The Morgan fingerprint density at radius 3 is 2.48 bits per heavy atom. The lowest BCUT2D eigenvalue weighted by Gasteiger charge is -2.10. The number of amides is 1. The van der Waals surface area contributed by atoms with Crippen LogP contribution in [0.1, 0.15) is 27.9 Å². The summed E-state index contributed by atoms with van der Waals surface area (Å²) in [6.45, 7) is 0.782. The number of aryl methyl sites for hydroxylation is 1. The number of aromatic nitrogens is 3. The number of nitrogens with zero attached hydrogens (tertiary/aromatic N) is 2. The number of carbonyl (C=O) groups excluding carboxylic acids is 1. The average molecular weight is 414 g/mol. The molecule has 156 valence electrons. The van der Waals surface area contributed by atoms with Crippen LogP contribution < -0.4 is 16.4 Å². The molecule has 0 saturated heterocycles. The summed E-state index contributed by atoms with van der Waals surface area (Å²) in [4.78, 5) is 43.4. The zero-order valence-electron chi connectivity index (χ0n) is 16.9. The van der Waals surface area contributed by atoms with Crippen LogP contribution in [0, 0.1) is 0 Å². The molecule has 2 aromatic heterocycles. The Kier molecular flexibility index (Phi) is 6.03. The predicted octanol–water partition coefficient (Wildman–Crippen LogP) is 2.50. The van der Waals surface area contributed by atoms with Crippen molar-refractivity contribution in [2.24, 2.45) is 0 Å². The monoisotopic (exact) mass is 414 g/mol. The van der Waals surface area contributed by atoms with Gasteiger partial charge in [0, 0.05) is 18.3 Å². The largest absolute Gasteiger partial charge is 0.352 e. The van der Waals surface area contributed by atoms with E-state index in [2.05, 4.69) is 27.4 Å². The summed E-state index contributed by atoms with van der Waals surface area (Å²) in [6, 6.07) is 20.5. The number of fused-ring (bicyclic) bond motifs is 1. The van der Waals surface area contributed by atoms with E-state index in [0.717, 1.165) is 18.4 Å². The van der Waals surface area contributed by atoms with E-state index in [1.807, 2.05) is 18.2 Å². The quantitative estimate of drug-likeness (QED) is 0.359. The van der Waals surface area contributed by atoms with E-state index in [1.165, 1.54) is 10.1 Å². The van der Waals surface area contributed by atoms with Crippen LogP contribution in [0.15, 0.2) is 82.5 Å². The van der Waals surface area contributed by atoms with Gasteiger partial charge >= 0.3 is 11.1 Å². The molecule has 0 aliphatic rings. The summed E-state index contributed by atoms with van der Waals surface area (Å²) >= 11 is 0. The standard InChI is InChI=1S/C24H22N4O3/c29-22(26-15-4-8-17-6-2-1-3-7-17)19-12-10-18(11-13-19)16-28-21-20(9-5-14-25-21)27-23(30)24(28)31/h1-3,5-7,9-14H,4,8,15-16H2,(H,26,29)(H,27,30). The number of hydrogen-bond acceptors (Lipinski definition) is 4. The second-order valence-corrected chi connectivity index (χ2v) is 7.26. The number of carbonyl (C=O) groups is 1. The zero-order valence-corrected chi connectivity index (χ0v) is 16.9. The molecule has 4 rings (SSSR count). The maximum atomic E-state index is 12.4. The molecule has 31 heavy (non-hydrogen) atoms. The smallest absolute Gasteiger partial charge is 0.318 e. The third kappa shape index (κ3) is 4.78. The summed E-state index contributed by atoms with van der Waals surface area (Å²) in [5.41, 5.74) is 2.15. The lowest BCUT2D eigenvalue weighted by Crippen LogP contribution is -2.36. The summed E-state index contributed by atoms with van der Waals surface area (Å²) in [6.07, 6.45) is 3.34. The minimum atomic E-state index is -0.688. The fraction of sp³-hybridized carbons (Fsp3) is 0.167. The molecule has 2 N–H and O–H groups in total. The molecule has 0 unspecified atom stereocenters. The first-order valence-electron chi connectivity index (χ1n) is 10.1. The molecule has 0 saturated carbocycles. The highest BCUT2D eigenvalue weighted by molar-refractivity contribution is 5.94. The lowest BCUT2D eigenvalue weighted by molar-refractivity contribution is 0.0953. The van der Waals surface area contributed by atoms with E-state index in [-0.39, 0.29) is 12.5 Å². The molecule has 0 fully saturated rings. The van der Waals surface area contributed by atoms with Gasteiger partial charge in [0.2, 0.25) is 0 Å². The van der Waals surface area contributed by atoms with Crippen molar-refractivity contribution in [3.63, 3.8) is 0 Å². The number of nitrogens with one attached hydrogen (secondary N) is 2. The number of pyridine rings is 1. The molecule has 4 aromatic rings. The Morgan fingerprint density at radius 1 is 0.935 bits per heavy atom. The number of hydrogen-bond donors (Lipinski definition) is 2. The van der Waals surface area contributed by atoms with Gasteiger partial charge in [-0.15, -0.1) is 0 Å². The van der Waals surface area contributed by atoms with E-state index in [0.29, 0.717) is 23.3 Å². The maximum absolute atomic E-state index is 12.4. The molecule has 0 radical (unpaired) electrons. The Balaban J connectivity index is 1.40. The lowest BCUT2D eigenvalue weighted by atomic mass is 10.1. The molecule has 7 heteroatoms. The van der Waals surface area contributed by atoms with Crippen LogP contribution in [-0.4, -0.2) is 27.0 Å². The third-order valence-electron chi connectivity index (χ3n) is 5.06. The van der Waals surface area contributed by atoms with Gasteiger partial charge in [0.05, 0.1) is 12.1 Å². The molecule has 1 amide bonds. The van der Waals surface area contributed by atoms with Crippen LogP contribution in [0.2, 0.25) is 0 Å². The van der Waals surface area contributed by atoms with Gasteiger partial charge in [-0.1, -0.05) is 42.5 Å². The fourth-order valence-corrected chi connectivity index (χ4v) is 3.44. The first kappa shape index (κ1) is 20.3. The Hall–Kier alpha value is -4.00. The van der Waals surface area contributed by atoms with Crippen molar-refractivity contribution in [1.29, 1.82) is 0 Å². The second kappa shape index (κ2) is 9.21. The van der Waals surface area contributed by atoms with Gasteiger partial charge in [0.25, 0.3) is 5.91 Å². The molecular weight excluding hydrogens is 392 g/mol. The fourth-order valence-electron chi connectivity index (χ4n) is 3.44. The molecule has 0 aliphatic heterocycles. The van der Waals surface area contributed by atoms with Crippen LogP contribution in [-0.2, 0) is 13.0 Å². The SMILES string of the molecule is O=C(NCCCc1ccccc1)c1ccc(Cn2c(=O)c(=O)[nH]c3cccnc32)cc1. The molecule has 2 heterocycles. The van der Waals surface area contributed by atoms with Gasteiger partial charge in [-0.2, -0.15) is 0 Å². The summed E-state index contributed by atoms with van der Waals surface area (Å²) in [5, 5.41) is 2.93. The van der Waals surface area contributed by atoms with Crippen LogP contribution in [0.4, 0.5) is 0 Å². The summed E-state index contributed by atoms with van der Waals surface area (Å²) < 4.78 is 1.34. The maximum Gasteiger partial charge on any atom is 0.318 e. The second-order valence-electron chi connectivity index (χ2n) is 7.26. The van der Waals surface area contributed by atoms with Gasteiger partial charge in [0.1, 0.15) is 0 Å². The van der Waals surface area contributed by atoms with Crippen LogP contribution in [0.25, 0.3) is 11.2 Å². The molecule has 7 nitrogen and oxygen atoms in total. The molecule has 0 atom stereocenters. The number of H-pyrrole nitrogens is 1. The molecule has 0 spiro atoms. The van der Waals surface area contributed by atoms with E-state index in [1.54, 1.807) is 42.6 Å². The van der Waals surface area contributed by atoms with Gasteiger partial charge in [0.15, 0.2) is 5.65 Å². The molecule has 2 aromatic carbocycles. The van der Waals surface area contributed by atoms with Crippen molar-refractivity contribution in [2.75, 3.05) is 6.54 Å². The predicted molar refractivity (Wildman–Crippen MR) is 119 cm³/mol. The van der Waals surface area contributed by atoms with Crippen molar-refractivity contribution in [3.05, 3.63) is 110 Å². The number of rotatable bonds is 7. The van der Waals surface area contributed by atoms with E-state index >= 15 is 0 Å². The van der Waals surface area contributed by atoms with Crippen molar-refractivity contribution in [1.82, 2.24) is 19.9 Å². The van der Waals surface area contributed by atoms with Crippen molar-refractivity contribution >= 4 is 17.1 Å². The van der Waals surface area contributed by atoms with E-state index < -0.39 is 11.1 Å². The van der Waals surface area contributed by atoms with Gasteiger partial charge in [-0.25, -0.2) is 4.98 Å². The van der Waals surface area contributed by atoms with Crippen molar-refractivity contribution in [2.45, 2.75) is 19.4 Å². The first-order chi connectivity index (χ1) is 15.1. The number of benzene rings is 2. The number of aromatic amines is 1. The zero-order chi connectivity index (χ0) is 21.6. The molecule has 0 bridgehead atoms. The first-order valence-corrected chi connectivity index (χ1v) is 10.1. The highest BCUT2D eigenvalue weighted by Crippen LogP contribution is 2.09.